The molecule has 1 heterocycles. The van der Waals surface area contributed by atoms with E-state index in [0.29, 0.717) is 19.5 Å². The third kappa shape index (κ3) is 4.60. The second-order valence-corrected chi connectivity index (χ2v) is 3.40. The second-order valence-electron chi connectivity index (χ2n) is 3.40. The van der Waals surface area contributed by atoms with Crippen molar-refractivity contribution in [3.63, 3.8) is 0 Å². The van der Waals surface area contributed by atoms with Gasteiger partial charge in [0.2, 0.25) is 5.91 Å². The minimum absolute atomic E-state index is 0.0937. The summed E-state index contributed by atoms with van der Waals surface area (Å²) in [6.07, 6.45) is 4.30. The van der Waals surface area contributed by atoms with Crippen LogP contribution in [0.15, 0.2) is 12.4 Å². The van der Waals surface area contributed by atoms with Crippen LogP contribution in [0.3, 0.4) is 0 Å². The van der Waals surface area contributed by atoms with Crippen LogP contribution in [0.4, 0.5) is 0 Å². The first-order chi connectivity index (χ1) is 7.22. The van der Waals surface area contributed by atoms with Crippen LogP contribution in [0.1, 0.15) is 18.9 Å². The Bertz CT molecular complexity index is 308. The standard InChI is InChI=1S/C10H18N4O/c1-3-12-10(15)4-5-11-6-9-7-13-14(2)8-9/h7-8,11H,3-6H2,1-2H3,(H,12,15). The second kappa shape index (κ2) is 6.19. The molecule has 0 atom stereocenters. The van der Waals surface area contributed by atoms with E-state index in [1.54, 1.807) is 4.68 Å². The molecule has 0 saturated heterocycles. The summed E-state index contributed by atoms with van der Waals surface area (Å²) in [6.45, 7) is 4.07. The summed E-state index contributed by atoms with van der Waals surface area (Å²) < 4.78 is 1.76. The van der Waals surface area contributed by atoms with E-state index in [0.717, 1.165) is 12.1 Å². The van der Waals surface area contributed by atoms with Gasteiger partial charge in [0, 0.05) is 44.9 Å². The molecule has 5 heteroatoms. The summed E-state index contributed by atoms with van der Waals surface area (Å²) in [4.78, 5) is 11.1. The zero-order valence-corrected chi connectivity index (χ0v) is 9.29. The predicted molar refractivity (Wildman–Crippen MR) is 58.2 cm³/mol. The number of carbonyl (C=O) groups excluding carboxylic acids is 1. The molecule has 1 aromatic rings. The molecule has 0 aliphatic heterocycles. The molecule has 0 fully saturated rings. The molecule has 1 rings (SSSR count). The van der Waals surface area contributed by atoms with Gasteiger partial charge in [0.15, 0.2) is 0 Å². The Morgan fingerprint density at radius 1 is 1.60 bits per heavy atom. The van der Waals surface area contributed by atoms with Crippen molar-refractivity contribution in [1.29, 1.82) is 0 Å². The molecular formula is C10H18N4O. The van der Waals surface area contributed by atoms with Crippen LogP contribution in [0.5, 0.6) is 0 Å². The Morgan fingerprint density at radius 3 is 3.00 bits per heavy atom. The van der Waals surface area contributed by atoms with E-state index in [1.807, 2.05) is 26.4 Å². The number of aromatic nitrogens is 2. The zero-order valence-electron chi connectivity index (χ0n) is 9.29. The Kier molecular flexibility index (Phi) is 4.83. The first-order valence-corrected chi connectivity index (χ1v) is 5.17. The molecule has 0 aromatic carbocycles. The van der Waals surface area contributed by atoms with E-state index in [2.05, 4.69) is 15.7 Å². The van der Waals surface area contributed by atoms with Crippen molar-refractivity contribution in [2.45, 2.75) is 19.9 Å². The van der Waals surface area contributed by atoms with Crippen LogP contribution in [-0.4, -0.2) is 28.8 Å². The van der Waals surface area contributed by atoms with Crippen molar-refractivity contribution in [1.82, 2.24) is 20.4 Å². The lowest BCUT2D eigenvalue weighted by Gasteiger charge is -2.03. The van der Waals surface area contributed by atoms with Gasteiger partial charge in [0.05, 0.1) is 6.20 Å². The van der Waals surface area contributed by atoms with E-state index < -0.39 is 0 Å². The normalized spacial score (nSPS) is 10.3. The first kappa shape index (κ1) is 11.7. The molecule has 0 radical (unpaired) electrons. The molecule has 5 nitrogen and oxygen atoms in total. The quantitative estimate of drug-likeness (QED) is 0.652. The van der Waals surface area contributed by atoms with Gasteiger partial charge in [0.1, 0.15) is 0 Å². The molecule has 0 aliphatic rings. The third-order valence-electron chi connectivity index (χ3n) is 1.99. The van der Waals surface area contributed by atoms with Crippen LogP contribution in [0.2, 0.25) is 0 Å². The lowest BCUT2D eigenvalue weighted by atomic mass is 10.3. The van der Waals surface area contributed by atoms with Gasteiger partial charge < -0.3 is 10.6 Å². The van der Waals surface area contributed by atoms with Crippen LogP contribution < -0.4 is 10.6 Å². The number of hydrogen-bond donors (Lipinski definition) is 2. The molecule has 0 aliphatic carbocycles. The fraction of sp³-hybridized carbons (Fsp3) is 0.600. The van der Waals surface area contributed by atoms with Crippen LogP contribution >= 0.6 is 0 Å². The summed E-state index contributed by atoms with van der Waals surface area (Å²) in [5.74, 6) is 0.0937. The summed E-state index contributed by atoms with van der Waals surface area (Å²) in [5, 5.41) is 10.0. The fourth-order valence-corrected chi connectivity index (χ4v) is 1.28. The monoisotopic (exact) mass is 210 g/mol. The highest BCUT2D eigenvalue weighted by Gasteiger charge is 1.99. The third-order valence-corrected chi connectivity index (χ3v) is 1.99. The maximum absolute atomic E-state index is 11.1. The molecule has 1 amide bonds. The zero-order chi connectivity index (χ0) is 11.1. The SMILES string of the molecule is CCNC(=O)CCNCc1cnn(C)c1. The highest BCUT2D eigenvalue weighted by Crippen LogP contribution is 1.94. The first-order valence-electron chi connectivity index (χ1n) is 5.17. The smallest absolute Gasteiger partial charge is 0.221 e. The highest BCUT2D eigenvalue weighted by molar-refractivity contribution is 5.75. The Labute approximate surface area is 89.9 Å². The molecule has 2 N–H and O–H groups in total. The lowest BCUT2D eigenvalue weighted by molar-refractivity contribution is -0.120. The number of rotatable bonds is 6. The van der Waals surface area contributed by atoms with E-state index in [4.69, 9.17) is 0 Å². The largest absolute Gasteiger partial charge is 0.356 e. The molecule has 84 valence electrons. The van der Waals surface area contributed by atoms with Crippen molar-refractivity contribution >= 4 is 5.91 Å². The average Bonchev–Trinajstić information content (AvgIpc) is 2.60. The average molecular weight is 210 g/mol. The summed E-state index contributed by atoms with van der Waals surface area (Å²) in [7, 11) is 1.89. The predicted octanol–water partition coefficient (Wildman–Crippen LogP) is 0.0359. The minimum Gasteiger partial charge on any atom is -0.356 e. The number of nitrogens with zero attached hydrogens (tertiary/aromatic N) is 2. The van der Waals surface area contributed by atoms with Gasteiger partial charge in [-0.05, 0) is 6.92 Å². The van der Waals surface area contributed by atoms with Crippen molar-refractivity contribution in [3.8, 4) is 0 Å². The molecular weight excluding hydrogens is 192 g/mol. The minimum atomic E-state index is 0.0937. The number of nitrogens with one attached hydrogen (secondary N) is 2. The molecule has 0 bridgehead atoms. The van der Waals surface area contributed by atoms with E-state index >= 15 is 0 Å². The summed E-state index contributed by atoms with van der Waals surface area (Å²) in [5.41, 5.74) is 1.13. The maximum atomic E-state index is 11.1. The molecule has 0 unspecified atom stereocenters. The Morgan fingerprint density at radius 2 is 2.40 bits per heavy atom. The molecule has 1 aromatic heterocycles. The molecule has 0 saturated carbocycles. The number of amides is 1. The number of carbonyl (C=O) groups is 1. The van der Waals surface area contributed by atoms with Crippen LogP contribution in [0, 0.1) is 0 Å². The lowest BCUT2D eigenvalue weighted by Crippen LogP contribution is -2.27. The van der Waals surface area contributed by atoms with E-state index in [9.17, 15) is 4.79 Å². The van der Waals surface area contributed by atoms with Crippen LogP contribution in [-0.2, 0) is 18.4 Å². The van der Waals surface area contributed by atoms with E-state index in [1.165, 1.54) is 0 Å². The summed E-state index contributed by atoms with van der Waals surface area (Å²) in [6, 6.07) is 0. The van der Waals surface area contributed by atoms with E-state index in [-0.39, 0.29) is 5.91 Å². The Balaban J connectivity index is 2.09. The number of aryl methyl sites for hydroxylation is 1. The highest BCUT2D eigenvalue weighted by atomic mass is 16.1. The van der Waals surface area contributed by atoms with Crippen LogP contribution in [0.25, 0.3) is 0 Å². The molecule has 0 spiro atoms. The van der Waals surface area contributed by atoms with Gasteiger partial charge in [-0.3, -0.25) is 9.48 Å². The van der Waals surface area contributed by atoms with Gasteiger partial charge in [-0.15, -0.1) is 0 Å². The van der Waals surface area contributed by atoms with Crippen molar-refractivity contribution in [3.05, 3.63) is 18.0 Å². The fourth-order valence-electron chi connectivity index (χ4n) is 1.28. The molecule has 15 heavy (non-hydrogen) atoms. The Hall–Kier alpha value is -1.36. The number of hydrogen-bond acceptors (Lipinski definition) is 3. The van der Waals surface area contributed by atoms with Crippen molar-refractivity contribution in [2.75, 3.05) is 13.1 Å². The van der Waals surface area contributed by atoms with Crippen molar-refractivity contribution in [2.24, 2.45) is 7.05 Å². The topological polar surface area (TPSA) is 59.0 Å². The summed E-state index contributed by atoms with van der Waals surface area (Å²) >= 11 is 0. The van der Waals surface area contributed by atoms with Gasteiger partial charge in [-0.1, -0.05) is 0 Å². The van der Waals surface area contributed by atoms with Gasteiger partial charge in [0.25, 0.3) is 0 Å². The van der Waals surface area contributed by atoms with Gasteiger partial charge in [-0.25, -0.2) is 0 Å². The van der Waals surface area contributed by atoms with Gasteiger partial charge in [-0.2, -0.15) is 5.10 Å². The van der Waals surface area contributed by atoms with Gasteiger partial charge >= 0.3 is 0 Å². The van der Waals surface area contributed by atoms with Crippen molar-refractivity contribution < 1.29 is 4.79 Å². The maximum Gasteiger partial charge on any atom is 0.221 e.